The van der Waals surface area contributed by atoms with Crippen LogP contribution in [0.25, 0.3) is 0 Å². The largest absolute Gasteiger partial charge is 0.368 e. The van der Waals surface area contributed by atoms with Gasteiger partial charge in [-0.05, 0) is 12.2 Å². The van der Waals surface area contributed by atoms with Crippen LogP contribution < -0.4 is 5.73 Å². The van der Waals surface area contributed by atoms with E-state index in [0.29, 0.717) is 5.95 Å². The van der Waals surface area contributed by atoms with E-state index in [1.54, 1.807) is 0 Å². The monoisotopic (exact) mass is 224 g/mol. The fourth-order valence-electron chi connectivity index (χ4n) is 2.07. The molecule has 1 heterocycles. The first-order chi connectivity index (χ1) is 7.28. The van der Waals surface area contributed by atoms with Gasteiger partial charge >= 0.3 is 0 Å². The molecule has 0 saturated heterocycles. The van der Waals surface area contributed by atoms with Gasteiger partial charge in [0.15, 0.2) is 5.16 Å². The average Bonchev–Trinajstić information content (AvgIpc) is 2.69. The maximum Gasteiger partial charge on any atom is 0.224 e. The van der Waals surface area contributed by atoms with Crippen LogP contribution in [0.1, 0.15) is 31.5 Å². The number of nitrogens with zero attached hydrogens (tertiary/aromatic N) is 3. The fraction of sp³-hybridized carbons (Fsp3) is 0.700. The van der Waals surface area contributed by atoms with Gasteiger partial charge in [0.1, 0.15) is 5.82 Å². The summed E-state index contributed by atoms with van der Waals surface area (Å²) in [5, 5.41) is 0.732. The van der Waals surface area contributed by atoms with Crippen LogP contribution >= 0.6 is 11.8 Å². The average molecular weight is 224 g/mol. The van der Waals surface area contributed by atoms with Crippen molar-refractivity contribution < 1.29 is 0 Å². The quantitative estimate of drug-likeness (QED) is 0.794. The Morgan fingerprint density at radius 1 is 1.27 bits per heavy atom. The van der Waals surface area contributed by atoms with Crippen molar-refractivity contribution in [2.24, 2.45) is 5.92 Å². The van der Waals surface area contributed by atoms with E-state index in [4.69, 9.17) is 5.73 Å². The van der Waals surface area contributed by atoms with Crippen molar-refractivity contribution in [1.29, 1.82) is 0 Å². The molecule has 2 N–H and O–H groups in total. The predicted molar refractivity (Wildman–Crippen MR) is 61.7 cm³/mol. The second kappa shape index (κ2) is 4.79. The Morgan fingerprint density at radius 2 is 2.00 bits per heavy atom. The second-order valence-electron chi connectivity index (χ2n) is 3.95. The lowest BCUT2D eigenvalue weighted by Crippen LogP contribution is -2.08. The number of nitrogen functional groups attached to an aromatic ring is 1. The molecular formula is C10H16N4S. The second-order valence-corrected chi connectivity index (χ2v) is 4.72. The molecule has 0 atom stereocenters. The number of rotatable bonds is 3. The molecule has 1 aromatic heterocycles. The van der Waals surface area contributed by atoms with Crippen LogP contribution in [0.2, 0.25) is 0 Å². The lowest BCUT2D eigenvalue weighted by Gasteiger charge is -2.08. The molecule has 15 heavy (non-hydrogen) atoms. The standard InChI is InChI=1S/C10H16N4S/c1-15-10-13-8(12-9(11)14-10)6-7-4-2-3-5-7/h7H,2-6H2,1H3,(H2,11,12,13,14). The predicted octanol–water partition coefficient (Wildman–Crippen LogP) is 1.91. The van der Waals surface area contributed by atoms with Gasteiger partial charge in [-0.2, -0.15) is 9.97 Å². The molecule has 1 aliphatic carbocycles. The zero-order chi connectivity index (χ0) is 10.7. The Balaban J connectivity index is 2.09. The first kappa shape index (κ1) is 10.7. The molecule has 0 unspecified atom stereocenters. The van der Waals surface area contributed by atoms with E-state index in [9.17, 15) is 0 Å². The van der Waals surface area contributed by atoms with E-state index in [0.717, 1.165) is 23.3 Å². The Labute approximate surface area is 94.1 Å². The molecule has 1 aliphatic rings. The minimum absolute atomic E-state index is 0.349. The third kappa shape index (κ3) is 2.81. The van der Waals surface area contributed by atoms with Gasteiger partial charge in [0.05, 0.1) is 0 Å². The van der Waals surface area contributed by atoms with E-state index < -0.39 is 0 Å². The molecule has 0 radical (unpaired) electrons. The fourth-order valence-corrected chi connectivity index (χ4v) is 2.45. The summed E-state index contributed by atoms with van der Waals surface area (Å²) in [6.45, 7) is 0. The van der Waals surface area contributed by atoms with Crippen LogP contribution in [0, 0.1) is 5.92 Å². The van der Waals surface area contributed by atoms with Crippen LogP contribution in [0.5, 0.6) is 0 Å². The number of hydrogen-bond acceptors (Lipinski definition) is 5. The smallest absolute Gasteiger partial charge is 0.224 e. The highest BCUT2D eigenvalue weighted by Crippen LogP contribution is 2.27. The molecule has 82 valence electrons. The first-order valence-electron chi connectivity index (χ1n) is 5.32. The normalized spacial score (nSPS) is 17.1. The molecule has 0 amide bonds. The zero-order valence-electron chi connectivity index (χ0n) is 8.94. The van der Waals surface area contributed by atoms with Crippen molar-refractivity contribution in [2.75, 3.05) is 12.0 Å². The number of aromatic nitrogens is 3. The van der Waals surface area contributed by atoms with Gasteiger partial charge in [0.2, 0.25) is 5.95 Å². The third-order valence-corrected chi connectivity index (χ3v) is 3.35. The lowest BCUT2D eigenvalue weighted by atomic mass is 10.0. The van der Waals surface area contributed by atoms with Crippen LogP contribution in [-0.2, 0) is 6.42 Å². The molecule has 0 spiro atoms. The van der Waals surface area contributed by atoms with E-state index >= 15 is 0 Å². The van der Waals surface area contributed by atoms with Crippen LogP contribution in [0.3, 0.4) is 0 Å². The van der Waals surface area contributed by atoms with Gasteiger partial charge in [-0.1, -0.05) is 37.4 Å². The van der Waals surface area contributed by atoms with E-state index in [1.165, 1.54) is 37.4 Å². The minimum Gasteiger partial charge on any atom is -0.368 e. The number of anilines is 1. The highest BCUT2D eigenvalue weighted by molar-refractivity contribution is 7.98. The van der Waals surface area contributed by atoms with Crippen molar-refractivity contribution in [3.8, 4) is 0 Å². The summed E-state index contributed by atoms with van der Waals surface area (Å²) in [6.07, 6.45) is 8.22. The number of hydrogen-bond donors (Lipinski definition) is 1. The molecular weight excluding hydrogens is 208 g/mol. The summed E-state index contributed by atoms with van der Waals surface area (Å²) in [4.78, 5) is 12.6. The zero-order valence-corrected chi connectivity index (χ0v) is 9.76. The lowest BCUT2D eigenvalue weighted by molar-refractivity contribution is 0.525. The van der Waals surface area contributed by atoms with Gasteiger partial charge in [-0.25, -0.2) is 4.98 Å². The maximum absolute atomic E-state index is 5.63. The van der Waals surface area contributed by atoms with Gasteiger partial charge in [0.25, 0.3) is 0 Å². The topological polar surface area (TPSA) is 64.7 Å². The summed E-state index contributed by atoms with van der Waals surface area (Å²) < 4.78 is 0. The van der Waals surface area contributed by atoms with Gasteiger partial charge in [0, 0.05) is 6.42 Å². The summed E-state index contributed by atoms with van der Waals surface area (Å²) in [7, 11) is 0. The van der Waals surface area contributed by atoms with Gasteiger partial charge in [-0.15, -0.1) is 0 Å². The van der Waals surface area contributed by atoms with Crippen LogP contribution in [0.15, 0.2) is 5.16 Å². The number of thioether (sulfide) groups is 1. The highest BCUT2D eigenvalue weighted by atomic mass is 32.2. The van der Waals surface area contributed by atoms with Crippen molar-refractivity contribution in [2.45, 2.75) is 37.3 Å². The van der Waals surface area contributed by atoms with Crippen molar-refractivity contribution >= 4 is 17.7 Å². The summed E-state index contributed by atoms with van der Waals surface area (Å²) >= 11 is 1.51. The summed E-state index contributed by atoms with van der Waals surface area (Å²) in [5.74, 6) is 1.96. The molecule has 0 aliphatic heterocycles. The number of nitrogens with two attached hydrogens (primary N) is 1. The minimum atomic E-state index is 0.349. The van der Waals surface area contributed by atoms with Crippen molar-refractivity contribution in [1.82, 2.24) is 15.0 Å². The molecule has 1 saturated carbocycles. The highest BCUT2D eigenvalue weighted by Gasteiger charge is 2.17. The van der Waals surface area contributed by atoms with E-state index in [1.807, 2.05) is 6.26 Å². The van der Waals surface area contributed by atoms with Gasteiger partial charge in [-0.3, -0.25) is 0 Å². The van der Waals surface area contributed by atoms with E-state index in [-0.39, 0.29) is 0 Å². The summed E-state index contributed by atoms with van der Waals surface area (Å²) in [5.41, 5.74) is 5.63. The molecule has 4 nitrogen and oxygen atoms in total. The van der Waals surface area contributed by atoms with Crippen molar-refractivity contribution in [3.05, 3.63) is 5.82 Å². The Morgan fingerprint density at radius 3 is 2.67 bits per heavy atom. The van der Waals surface area contributed by atoms with Gasteiger partial charge < -0.3 is 5.73 Å². The molecule has 5 heteroatoms. The molecule has 2 rings (SSSR count). The Bertz CT molecular complexity index is 336. The molecule has 0 aromatic carbocycles. The molecule has 0 bridgehead atoms. The Hall–Kier alpha value is -0.840. The molecule has 1 aromatic rings. The van der Waals surface area contributed by atoms with E-state index in [2.05, 4.69) is 15.0 Å². The van der Waals surface area contributed by atoms with Crippen LogP contribution in [0.4, 0.5) is 5.95 Å². The van der Waals surface area contributed by atoms with Crippen LogP contribution in [-0.4, -0.2) is 21.2 Å². The van der Waals surface area contributed by atoms with Crippen molar-refractivity contribution in [3.63, 3.8) is 0 Å². The first-order valence-corrected chi connectivity index (χ1v) is 6.55. The SMILES string of the molecule is CSc1nc(N)nc(CC2CCCC2)n1. The molecule has 1 fully saturated rings. The third-order valence-electron chi connectivity index (χ3n) is 2.81. The summed E-state index contributed by atoms with van der Waals surface area (Å²) in [6, 6.07) is 0. The maximum atomic E-state index is 5.63. The Kier molecular flexibility index (Phi) is 3.41.